The summed E-state index contributed by atoms with van der Waals surface area (Å²) in [4.78, 5) is 0. The molecule has 0 bridgehead atoms. The number of hydrogen-bond donors (Lipinski definition) is 1. The number of benzene rings is 1. The van der Waals surface area contributed by atoms with E-state index in [9.17, 15) is 0 Å². The van der Waals surface area contributed by atoms with Crippen LogP contribution in [0.5, 0.6) is 0 Å². The quantitative estimate of drug-likeness (QED) is 0.827. The maximum absolute atomic E-state index is 6.11. The summed E-state index contributed by atoms with van der Waals surface area (Å²) in [5, 5.41) is 2.13. The smallest absolute Gasteiger partial charge is 0.0483 e. The Morgan fingerprint density at radius 2 is 2.29 bits per heavy atom. The number of nitrogens with zero attached hydrogens (tertiary/aromatic N) is 1. The molecule has 0 radical (unpaired) electrons. The summed E-state index contributed by atoms with van der Waals surface area (Å²) in [5.74, 6) is 0.632. The van der Waals surface area contributed by atoms with Gasteiger partial charge in [0.1, 0.15) is 0 Å². The zero-order chi connectivity index (χ0) is 12.0. The summed E-state index contributed by atoms with van der Waals surface area (Å²) in [6.07, 6.45) is 3.45. The fourth-order valence-corrected chi connectivity index (χ4v) is 3.20. The largest absolute Gasteiger partial charge is 0.347 e. The number of aromatic nitrogens is 1. The number of halogens is 1. The van der Waals surface area contributed by atoms with Gasteiger partial charge in [-0.2, -0.15) is 0 Å². The van der Waals surface area contributed by atoms with Gasteiger partial charge in [0.15, 0.2) is 0 Å². The fourth-order valence-electron chi connectivity index (χ4n) is 3.02. The Bertz CT molecular complexity index is 571. The van der Waals surface area contributed by atoms with Crippen LogP contribution in [-0.4, -0.2) is 11.1 Å². The van der Waals surface area contributed by atoms with Crippen molar-refractivity contribution in [2.75, 3.05) is 6.54 Å². The van der Waals surface area contributed by atoms with Crippen LogP contribution in [0.15, 0.2) is 18.2 Å². The van der Waals surface area contributed by atoms with Crippen LogP contribution in [0, 0.1) is 5.92 Å². The van der Waals surface area contributed by atoms with Crippen LogP contribution in [0.2, 0.25) is 5.02 Å². The second-order valence-electron chi connectivity index (χ2n) is 4.99. The van der Waals surface area contributed by atoms with Crippen molar-refractivity contribution >= 4 is 22.5 Å². The van der Waals surface area contributed by atoms with Crippen molar-refractivity contribution in [2.24, 2.45) is 18.7 Å². The molecule has 1 atom stereocenters. The van der Waals surface area contributed by atoms with E-state index < -0.39 is 0 Å². The molecular formula is C14H17ClN2. The first-order chi connectivity index (χ1) is 8.20. The molecule has 0 fully saturated rings. The topological polar surface area (TPSA) is 30.9 Å². The molecule has 0 amide bonds. The van der Waals surface area contributed by atoms with E-state index in [2.05, 4.69) is 23.7 Å². The van der Waals surface area contributed by atoms with Gasteiger partial charge in [0.25, 0.3) is 0 Å². The molecule has 2 N–H and O–H groups in total. The number of fused-ring (bicyclic) bond motifs is 3. The predicted octanol–water partition coefficient (Wildman–Crippen LogP) is 2.90. The van der Waals surface area contributed by atoms with Crippen LogP contribution in [0.4, 0.5) is 0 Å². The van der Waals surface area contributed by atoms with E-state index in [0.29, 0.717) is 5.92 Å². The third-order valence-corrected chi connectivity index (χ3v) is 4.25. The molecule has 0 saturated heterocycles. The van der Waals surface area contributed by atoms with E-state index in [0.717, 1.165) is 24.4 Å². The van der Waals surface area contributed by atoms with E-state index in [1.54, 1.807) is 0 Å². The Kier molecular flexibility index (Phi) is 2.64. The van der Waals surface area contributed by atoms with E-state index in [1.807, 2.05) is 6.07 Å². The van der Waals surface area contributed by atoms with E-state index >= 15 is 0 Å². The van der Waals surface area contributed by atoms with Crippen molar-refractivity contribution in [3.63, 3.8) is 0 Å². The Hall–Kier alpha value is -0.990. The zero-order valence-corrected chi connectivity index (χ0v) is 10.8. The van der Waals surface area contributed by atoms with Crippen molar-refractivity contribution in [1.82, 2.24) is 4.57 Å². The van der Waals surface area contributed by atoms with Gasteiger partial charge in [-0.3, -0.25) is 0 Å². The van der Waals surface area contributed by atoms with Crippen LogP contribution in [0.1, 0.15) is 17.7 Å². The van der Waals surface area contributed by atoms with Gasteiger partial charge >= 0.3 is 0 Å². The standard InChI is InChI=1S/C14H17ClN2/c1-17-13-4-2-9(8-16)6-11(13)12-7-10(15)3-5-14(12)17/h3,5,7,9H,2,4,6,8,16H2,1H3. The Morgan fingerprint density at radius 3 is 3.06 bits per heavy atom. The molecular weight excluding hydrogens is 232 g/mol. The molecule has 0 saturated carbocycles. The second kappa shape index (κ2) is 4.04. The predicted molar refractivity (Wildman–Crippen MR) is 72.5 cm³/mol. The van der Waals surface area contributed by atoms with Gasteiger partial charge in [0.05, 0.1) is 0 Å². The molecule has 2 nitrogen and oxygen atoms in total. The average Bonchev–Trinajstić information content (AvgIpc) is 2.62. The Labute approximate surface area is 106 Å². The number of hydrogen-bond acceptors (Lipinski definition) is 1. The number of aryl methyl sites for hydroxylation is 1. The lowest BCUT2D eigenvalue weighted by atomic mass is 9.86. The summed E-state index contributed by atoms with van der Waals surface area (Å²) in [7, 11) is 2.15. The third kappa shape index (κ3) is 1.67. The van der Waals surface area contributed by atoms with Crippen molar-refractivity contribution in [2.45, 2.75) is 19.3 Å². The molecule has 17 heavy (non-hydrogen) atoms. The van der Waals surface area contributed by atoms with Gasteiger partial charge in [0.2, 0.25) is 0 Å². The van der Waals surface area contributed by atoms with Crippen LogP contribution in [0.25, 0.3) is 10.9 Å². The highest BCUT2D eigenvalue weighted by Gasteiger charge is 2.23. The van der Waals surface area contributed by atoms with E-state index in [1.165, 1.54) is 28.6 Å². The van der Waals surface area contributed by atoms with Crippen LogP contribution < -0.4 is 5.73 Å². The SMILES string of the molecule is Cn1c2c(c3cc(Cl)ccc31)CC(CN)CC2. The molecule has 1 aromatic carbocycles. The third-order valence-electron chi connectivity index (χ3n) is 4.01. The first kappa shape index (κ1) is 11.1. The Morgan fingerprint density at radius 1 is 1.47 bits per heavy atom. The van der Waals surface area contributed by atoms with Gasteiger partial charge in [-0.1, -0.05) is 11.6 Å². The number of rotatable bonds is 1. The van der Waals surface area contributed by atoms with Crippen molar-refractivity contribution < 1.29 is 0 Å². The van der Waals surface area contributed by atoms with Gasteiger partial charge in [-0.15, -0.1) is 0 Å². The molecule has 3 rings (SSSR count). The van der Waals surface area contributed by atoms with E-state index in [4.69, 9.17) is 17.3 Å². The minimum absolute atomic E-state index is 0.632. The highest BCUT2D eigenvalue weighted by atomic mass is 35.5. The summed E-state index contributed by atoms with van der Waals surface area (Å²) in [5.41, 5.74) is 10.0. The molecule has 1 heterocycles. The average molecular weight is 249 g/mol. The molecule has 1 unspecified atom stereocenters. The number of nitrogens with two attached hydrogens (primary N) is 1. The highest BCUT2D eigenvalue weighted by molar-refractivity contribution is 6.31. The molecule has 90 valence electrons. The van der Waals surface area contributed by atoms with Crippen molar-refractivity contribution in [3.05, 3.63) is 34.5 Å². The van der Waals surface area contributed by atoms with Crippen molar-refractivity contribution in [1.29, 1.82) is 0 Å². The molecule has 1 aliphatic rings. The summed E-state index contributed by atoms with van der Waals surface area (Å²) in [6, 6.07) is 6.18. The van der Waals surface area contributed by atoms with Crippen molar-refractivity contribution in [3.8, 4) is 0 Å². The maximum Gasteiger partial charge on any atom is 0.0483 e. The molecule has 1 aromatic heterocycles. The van der Waals surface area contributed by atoms with Gasteiger partial charge in [-0.05, 0) is 55.5 Å². The lowest BCUT2D eigenvalue weighted by Gasteiger charge is -2.21. The normalized spacial score (nSPS) is 19.6. The van der Waals surface area contributed by atoms with Crippen LogP contribution in [-0.2, 0) is 19.9 Å². The zero-order valence-electron chi connectivity index (χ0n) is 10.0. The molecule has 2 aromatic rings. The monoisotopic (exact) mass is 248 g/mol. The minimum atomic E-state index is 0.632. The van der Waals surface area contributed by atoms with Gasteiger partial charge < -0.3 is 10.3 Å². The lowest BCUT2D eigenvalue weighted by molar-refractivity contribution is 0.462. The highest BCUT2D eigenvalue weighted by Crippen LogP contribution is 2.34. The summed E-state index contributed by atoms with van der Waals surface area (Å²) >= 11 is 6.11. The maximum atomic E-state index is 6.11. The molecule has 0 spiro atoms. The molecule has 0 aliphatic heterocycles. The first-order valence-electron chi connectivity index (χ1n) is 6.16. The summed E-state index contributed by atoms with van der Waals surface area (Å²) in [6.45, 7) is 0.788. The molecule has 1 aliphatic carbocycles. The fraction of sp³-hybridized carbons (Fsp3) is 0.429. The first-order valence-corrected chi connectivity index (χ1v) is 6.54. The van der Waals surface area contributed by atoms with Gasteiger partial charge in [0, 0.05) is 28.7 Å². The van der Waals surface area contributed by atoms with Crippen LogP contribution >= 0.6 is 11.6 Å². The second-order valence-corrected chi connectivity index (χ2v) is 5.43. The summed E-state index contributed by atoms with van der Waals surface area (Å²) < 4.78 is 2.31. The minimum Gasteiger partial charge on any atom is -0.347 e. The lowest BCUT2D eigenvalue weighted by Crippen LogP contribution is -2.22. The molecule has 3 heteroatoms. The Balaban J connectivity index is 2.23. The van der Waals surface area contributed by atoms with Crippen LogP contribution in [0.3, 0.4) is 0 Å². The van der Waals surface area contributed by atoms with Gasteiger partial charge in [-0.25, -0.2) is 0 Å². The van der Waals surface area contributed by atoms with E-state index in [-0.39, 0.29) is 0 Å².